The molecule has 1 unspecified atom stereocenters. The highest BCUT2D eigenvalue weighted by atomic mass is 16.5. The van der Waals surface area contributed by atoms with Crippen LogP contribution in [0.3, 0.4) is 0 Å². The van der Waals surface area contributed by atoms with Crippen molar-refractivity contribution in [3.05, 3.63) is 11.6 Å². The molecule has 0 radical (unpaired) electrons. The zero-order valence-corrected chi connectivity index (χ0v) is 12.7. The average molecular weight is 279 g/mol. The molecule has 3 rings (SSSR count). The second-order valence-corrected chi connectivity index (χ2v) is 7.18. The van der Waals surface area contributed by atoms with Crippen molar-refractivity contribution < 1.29 is 9.84 Å². The minimum absolute atomic E-state index is 0.0428. The highest BCUT2D eigenvalue weighted by molar-refractivity contribution is 5.10. The molecule has 5 nitrogen and oxygen atoms in total. The molecule has 1 aliphatic carbocycles. The lowest BCUT2D eigenvalue weighted by Gasteiger charge is -2.30. The van der Waals surface area contributed by atoms with E-state index in [9.17, 15) is 5.11 Å². The second-order valence-electron chi connectivity index (χ2n) is 7.18. The van der Waals surface area contributed by atoms with Crippen LogP contribution in [0.25, 0.3) is 0 Å². The van der Waals surface area contributed by atoms with Gasteiger partial charge in [0.15, 0.2) is 5.82 Å². The SMILES string of the molecule is CC(C)(C)c1nc(C2CC(O)C2)n(CC2CCCO2)n1. The topological polar surface area (TPSA) is 60.2 Å². The largest absolute Gasteiger partial charge is 0.393 e. The summed E-state index contributed by atoms with van der Waals surface area (Å²) in [5, 5.41) is 14.3. The third-order valence-electron chi connectivity index (χ3n) is 4.25. The summed E-state index contributed by atoms with van der Waals surface area (Å²) in [5.41, 5.74) is -0.0428. The Bertz CT molecular complexity index is 466. The van der Waals surface area contributed by atoms with Gasteiger partial charge < -0.3 is 9.84 Å². The van der Waals surface area contributed by atoms with E-state index >= 15 is 0 Å². The van der Waals surface area contributed by atoms with Gasteiger partial charge in [0.2, 0.25) is 0 Å². The molecule has 2 fully saturated rings. The van der Waals surface area contributed by atoms with Crippen molar-refractivity contribution in [1.82, 2.24) is 14.8 Å². The Morgan fingerprint density at radius 1 is 1.35 bits per heavy atom. The molecule has 1 N–H and O–H groups in total. The molecule has 0 bridgehead atoms. The summed E-state index contributed by atoms with van der Waals surface area (Å²) in [6.07, 6.45) is 3.99. The van der Waals surface area contributed by atoms with Crippen molar-refractivity contribution in [2.75, 3.05) is 6.61 Å². The Labute approximate surface area is 120 Å². The van der Waals surface area contributed by atoms with E-state index < -0.39 is 0 Å². The minimum atomic E-state index is -0.161. The third kappa shape index (κ3) is 2.74. The lowest BCUT2D eigenvalue weighted by atomic mass is 9.82. The number of aromatic nitrogens is 3. The van der Waals surface area contributed by atoms with Crippen LogP contribution in [0.2, 0.25) is 0 Å². The van der Waals surface area contributed by atoms with Crippen LogP contribution in [0.4, 0.5) is 0 Å². The molecule has 1 atom stereocenters. The van der Waals surface area contributed by atoms with Gasteiger partial charge in [0, 0.05) is 17.9 Å². The van der Waals surface area contributed by atoms with Gasteiger partial charge >= 0.3 is 0 Å². The van der Waals surface area contributed by atoms with Crippen molar-refractivity contribution in [2.24, 2.45) is 0 Å². The molecule has 1 aromatic rings. The number of ether oxygens (including phenoxy) is 1. The van der Waals surface area contributed by atoms with E-state index in [1.807, 2.05) is 4.68 Å². The van der Waals surface area contributed by atoms with Crippen molar-refractivity contribution in [2.45, 2.75) is 76.5 Å². The van der Waals surface area contributed by atoms with Crippen LogP contribution in [0, 0.1) is 0 Å². The van der Waals surface area contributed by atoms with E-state index in [1.54, 1.807) is 0 Å². The fraction of sp³-hybridized carbons (Fsp3) is 0.867. The fourth-order valence-electron chi connectivity index (χ4n) is 2.89. The summed E-state index contributed by atoms with van der Waals surface area (Å²) < 4.78 is 7.76. The van der Waals surface area contributed by atoms with Crippen LogP contribution in [0.1, 0.15) is 64.0 Å². The number of aliphatic hydroxyl groups is 1. The number of hydrogen-bond acceptors (Lipinski definition) is 4. The van der Waals surface area contributed by atoms with Gasteiger partial charge in [-0.05, 0) is 25.7 Å². The molecule has 1 aromatic heterocycles. The lowest BCUT2D eigenvalue weighted by molar-refractivity contribution is 0.0652. The van der Waals surface area contributed by atoms with E-state index in [0.717, 1.165) is 50.5 Å². The first kappa shape index (κ1) is 14.0. The number of aliphatic hydroxyl groups excluding tert-OH is 1. The van der Waals surface area contributed by atoms with Crippen LogP contribution in [0.5, 0.6) is 0 Å². The van der Waals surface area contributed by atoms with Gasteiger partial charge in [0.1, 0.15) is 5.82 Å². The van der Waals surface area contributed by atoms with Crippen molar-refractivity contribution in [3.8, 4) is 0 Å². The summed E-state index contributed by atoms with van der Waals surface area (Å²) >= 11 is 0. The highest BCUT2D eigenvalue weighted by Crippen LogP contribution is 2.37. The summed E-state index contributed by atoms with van der Waals surface area (Å²) in [4.78, 5) is 4.77. The van der Waals surface area contributed by atoms with E-state index in [-0.39, 0.29) is 17.6 Å². The van der Waals surface area contributed by atoms with Crippen LogP contribution >= 0.6 is 0 Å². The lowest BCUT2D eigenvalue weighted by Crippen LogP contribution is -2.30. The maximum atomic E-state index is 9.54. The Morgan fingerprint density at radius 2 is 2.10 bits per heavy atom. The maximum Gasteiger partial charge on any atom is 0.156 e. The Morgan fingerprint density at radius 3 is 2.65 bits per heavy atom. The van der Waals surface area contributed by atoms with E-state index in [1.165, 1.54) is 0 Å². The summed E-state index contributed by atoms with van der Waals surface area (Å²) in [6, 6.07) is 0. The molecule has 1 saturated heterocycles. The van der Waals surface area contributed by atoms with Gasteiger partial charge in [-0.2, -0.15) is 5.10 Å². The zero-order valence-electron chi connectivity index (χ0n) is 12.7. The predicted octanol–water partition coefficient (Wildman–Crippen LogP) is 1.99. The first-order valence-electron chi connectivity index (χ1n) is 7.68. The molecule has 1 aliphatic heterocycles. The molecule has 0 amide bonds. The normalized spacial score (nSPS) is 30.5. The van der Waals surface area contributed by atoms with E-state index in [2.05, 4.69) is 20.8 Å². The number of rotatable bonds is 3. The highest BCUT2D eigenvalue weighted by Gasteiger charge is 2.35. The number of nitrogens with zero attached hydrogens (tertiary/aromatic N) is 3. The van der Waals surface area contributed by atoms with Crippen molar-refractivity contribution >= 4 is 0 Å². The van der Waals surface area contributed by atoms with Crippen LogP contribution in [0.15, 0.2) is 0 Å². The van der Waals surface area contributed by atoms with Gasteiger partial charge in [-0.15, -0.1) is 0 Å². The Hall–Kier alpha value is -0.940. The van der Waals surface area contributed by atoms with Crippen LogP contribution < -0.4 is 0 Å². The molecule has 112 valence electrons. The average Bonchev–Trinajstić information content (AvgIpc) is 2.94. The van der Waals surface area contributed by atoms with Crippen molar-refractivity contribution in [1.29, 1.82) is 0 Å². The fourth-order valence-corrected chi connectivity index (χ4v) is 2.89. The van der Waals surface area contributed by atoms with Crippen LogP contribution in [-0.2, 0) is 16.7 Å². The molecular weight excluding hydrogens is 254 g/mol. The summed E-state index contributed by atoms with van der Waals surface area (Å²) in [6.45, 7) is 8.07. The summed E-state index contributed by atoms with van der Waals surface area (Å²) in [5.74, 6) is 2.29. The van der Waals surface area contributed by atoms with Crippen LogP contribution in [-0.4, -0.2) is 38.7 Å². The van der Waals surface area contributed by atoms with Gasteiger partial charge in [-0.25, -0.2) is 9.67 Å². The molecule has 1 saturated carbocycles. The summed E-state index contributed by atoms with van der Waals surface area (Å²) in [7, 11) is 0. The minimum Gasteiger partial charge on any atom is -0.393 e. The molecule has 2 aliphatic rings. The molecule has 0 aromatic carbocycles. The predicted molar refractivity (Wildman–Crippen MR) is 75.7 cm³/mol. The van der Waals surface area contributed by atoms with E-state index in [4.69, 9.17) is 14.8 Å². The van der Waals surface area contributed by atoms with E-state index in [0.29, 0.717) is 5.92 Å². The standard InChI is InChI=1S/C15H25N3O2/c1-15(2,3)14-16-13(10-7-11(19)8-10)18(17-14)9-12-5-4-6-20-12/h10-12,19H,4-9H2,1-3H3. The number of hydrogen-bond donors (Lipinski definition) is 1. The first-order chi connectivity index (χ1) is 9.43. The Kier molecular flexibility index (Phi) is 3.58. The first-order valence-corrected chi connectivity index (χ1v) is 7.68. The maximum absolute atomic E-state index is 9.54. The van der Waals surface area contributed by atoms with Crippen molar-refractivity contribution in [3.63, 3.8) is 0 Å². The molecule has 0 spiro atoms. The second kappa shape index (κ2) is 5.11. The molecular formula is C15H25N3O2. The molecule has 5 heteroatoms. The molecule has 2 heterocycles. The smallest absolute Gasteiger partial charge is 0.156 e. The third-order valence-corrected chi connectivity index (χ3v) is 4.25. The quantitative estimate of drug-likeness (QED) is 0.919. The molecule has 20 heavy (non-hydrogen) atoms. The van der Waals surface area contributed by atoms with Gasteiger partial charge in [0.25, 0.3) is 0 Å². The van der Waals surface area contributed by atoms with Gasteiger partial charge in [-0.3, -0.25) is 0 Å². The monoisotopic (exact) mass is 279 g/mol. The zero-order chi connectivity index (χ0) is 14.3. The van der Waals surface area contributed by atoms with Gasteiger partial charge in [-0.1, -0.05) is 20.8 Å². The Balaban J connectivity index is 1.83. The van der Waals surface area contributed by atoms with Gasteiger partial charge in [0.05, 0.1) is 18.8 Å².